The van der Waals surface area contributed by atoms with Gasteiger partial charge in [-0.2, -0.15) is 0 Å². The molecule has 2 rings (SSSR count). The van der Waals surface area contributed by atoms with Crippen molar-refractivity contribution in [3.8, 4) is 0 Å². The Balaban J connectivity index is 1.99. The second-order valence-corrected chi connectivity index (χ2v) is 4.36. The van der Waals surface area contributed by atoms with Crippen molar-refractivity contribution in [3.63, 3.8) is 0 Å². The normalized spacial score (nSPS) is 9.95. The van der Waals surface area contributed by atoms with Gasteiger partial charge in [-0.3, -0.25) is 0 Å². The number of carbonyl (C=O) groups is 1. The molecule has 5 nitrogen and oxygen atoms in total. The first-order chi connectivity index (χ1) is 9.56. The monoisotopic (exact) mass is 274 g/mol. The third kappa shape index (κ3) is 3.44. The minimum absolute atomic E-state index is 0.128. The summed E-state index contributed by atoms with van der Waals surface area (Å²) in [5.41, 5.74) is 0.660. The van der Waals surface area contributed by atoms with Crippen LogP contribution >= 0.6 is 0 Å². The molecule has 1 heterocycles. The van der Waals surface area contributed by atoms with Crippen molar-refractivity contribution in [2.45, 2.75) is 0 Å². The van der Waals surface area contributed by atoms with Crippen LogP contribution in [0.5, 0.6) is 0 Å². The molecule has 0 bridgehead atoms. The number of hydrogen-bond donors (Lipinski definition) is 2. The fourth-order valence-corrected chi connectivity index (χ4v) is 1.57. The molecule has 2 aromatic rings. The fraction of sp³-hybridized carbons (Fsp3) is 0.143. The summed E-state index contributed by atoms with van der Waals surface area (Å²) in [4.78, 5) is 17.7. The number of carbonyl (C=O) groups excluding carboxylic acids is 1. The van der Waals surface area contributed by atoms with Crippen molar-refractivity contribution >= 4 is 23.2 Å². The second kappa shape index (κ2) is 6.01. The Morgan fingerprint density at radius 2 is 1.90 bits per heavy atom. The lowest BCUT2D eigenvalue weighted by atomic mass is 10.3. The van der Waals surface area contributed by atoms with E-state index in [9.17, 15) is 9.18 Å². The Labute approximate surface area is 116 Å². The van der Waals surface area contributed by atoms with Crippen molar-refractivity contribution in [3.05, 3.63) is 48.4 Å². The van der Waals surface area contributed by atoms with Gasteiger partial charge in [0.15, 0.2) is 0 Å². The molecule has 0 saturated heterocycles. The number of hydrogen-bond acceptors (Lipinski definition) is 3. The van der Waals surface area contributed by atoms with E-state index in [1.807, 2.05) is 19.0 Å². The number of para-hydroxylation sites is 1. The maximum absolute atomic E-state index is 13.4. The van der Waals surface area contributed by atoms with E-state index >= 15 is 0 Å². The van der Waals surface area contributed by atoms with Gasteiger partial charge in [0.2, 0.25) is 0 Å². The standard InChI is InChI=1S/C14H15FN4O/c1-19(2)13-8-7-10(9-16-13)17-14(20)18-12-6-4-3-5-11(12)15/h3-9H,1-2H3,(H2,17,18,20). The minimum Gasteiger partial charge on any atom is -0.363 e. The van der Waals surface area contributed by atoms with Crippen LogP contribution in [0.15, 0.2) is 42.6 Å². The number of nitrogens with zero attached hydrogens (tertiary/aromatic N) is 2. The summed E-state index contributed by atoms with van der Waals surface area (Å²) < 4.78 is 13.4. The topological polar surface area (TPSA) is 57.3 Å². The highest BCUT2D eigenvalue weighted by atomic mass is 19.1. The molecule has 6 heteroatoms. The van der Waals surface area contributed by atoms with E-state index < -0.39 is 11.8 Å². The van der Waals surface area contributed by atoms with E-state index in [-0.39, 0.29) is 5.69 Å². The van der Waals surface area contributed by atoms with Crippen molar-refractivity contribution in [2.75, 3.05) is 29.6 Å². The molecule has 2 amide bonds. The van der Waals surface area contributed by atoms with Crippen LogP contribution in [-0.2, 0) is 0 Å². The van der Waals surface area contributed by atoms with Crippen molar-refractivity contribution in [1.29, 1.82) is 0 Å². The lowest BCUT2D eigenvalue weighted by Gasteiger charge is -2.12. The summed E-state index contributed by atoms with van der Waals surface area (Å²) in [6, 6.07) is 8.95. The van der Waals surface area contributed by atoms with E-state index in [2.05, 4.69) is 15.6 Å². The van der Waals surface area contributed by atoms with Gasteiger partial charge < -0.3 is 15.5 Å². The molecule has 0 atom stereocenters. The number of urea groups is 1. The lowest BCUT2D eigenvalue weighted by Crippen LogP contribution is -2.20. The van der Waals surface area contributed by atoms with Gasteiger partial charge in [0.1, 0.15) is 11.6 Å². The van der Waals surface area contributed by atoms with Crippen LogP contribution in [0.3, 0.4) is 0 Å². The van der Waals surface area contributed by atoms with E-state index in [4.69, 9.17) is 0 Å². The van der Waals surface area contributed by atoms with Crippen molar-refractivity contribution in [1.82, 2.24) is 4.98 Å². The highest BCUT2D eigenvalue weighted by Gasteiger charge is 2.06. The summed E-state index contributed by atoms with van der Waals surface area (Å²) in [5.74, 6) is 0.300. The van der Waals surface area contributed by atoms with Crippen LogP contribution in [0.4, 0.5) is 26.4 Å². The maximum atomic E-state index is 13.4. The van der Waals surface area contributed by atoms with Crippen LogP contribution in [0.1, 0.15) is 0 Å². The molecular weight excluding hydrogens is 259 g/mol. The Morgan fingerprint density at radius 3 is 2.50 bits per heavy atom. The van der Waals surface area contributed by atoms with Crippen LogP contribution in [0.2, 0.25) is 0 Å². The van der Waals surface area contributed by atoms with Crippen LogP contribution in [0, 0.1) is 5.82 Å². The first kappa shape index (κ1) is 13.8. The Kier molecular flexibility index (Phi) is 4.14. The van der Waals surface area contributed by atoms with E-state index in [0.717, 1.165) is 5.82 Å². The quantitative estimate of drug-likeness (QED) is 0.904. The molecule has 1 aromatic heterocycles. The highest BCUT2D eigenvalue weighted by molar-refractivity contribution is 5.99. The van der Waals surface area contributed by atoms with E-state index in [1.165, 1.54) is 18.3 Å². The maximum Gasteiger partial charge on any atom is 0.323 e. The molecule has 0 aliphatic rings. The van der Waals surface area contributed by atoms with Gasteiger partial charge >= 0.3 is 6.03 Å². The number of benzene rings is 1. The molecule has 0 saturated carbocycles. The molecular formula is C14H15FN4O. The third-order valence-corrected chi connectivity index (χ3v) is 2.59. The number of nitrogens with one attached hydrogen (secondary N) is 2. The lowest BCUT2D eigenvalue weighted by molar-refractivity contribution is 0.262. The molecule has 0 aliphatic carbocycles. The molecule has 1 aromatic carbocycles. The van der Waals surface area contributed by atoms with Gasteiger partial charge in [0.05, 0.1) is 17.6 Å². The average molecular weight is 274 g/mol. The largest absolute Gasteiger partial charge is 0.363 e. The zero-order chi connectivity index (χ0) is 14.5. The zero-order valence-corrected chi connectivity index (χ0v) is 11.2. The zero-order valence-electron chi connectivity index (χ0n) is 11.2. The number of rotatable bonds is 3. The Morgan fingerprint density at radius 1 is 1.15 bits per heavy atom. The molecule has 0 aliphatic heterocycles. The van der Waals surface area contributed by atoms with Crippen molar-refractivity contribution < 1.29 is 9.18 Å². The van der Waals surface area contributed by atoms with Gasteiger partial charge in [-0.25, -0.2) is 14.2 Å². The molecule has 104 valence electrons. The average Bonchev–Trinajstić information content (AvgIpc) is 2.42. The summed E-state index contributed by atoms with van der Waals surface area (Å²) >= 11 is 0. The van der Waals surface area contributed by atoms with Crippen molar-refractivity contribution in [2.24, 2.45) is 0 Å². The number of halogens is 1. The van der Waals surface area contributed by atoms with Gasteiger partial charge in [0.25, 0.3) is 0 Å². The van der Waals surface area contributed by atoms with Crippen LogP contribution in [0.25, 0.3) is 0 Å². The first-order valence-corrected chi connectivity index (χ1v) is 6.02. The molecule has 0 spiro atoms. The summed E-state index contributed by atoms with van der Waals surface area (Å²) in [7, 11) is 3.75. The number of anilines is 3. The Hall–Kier alpha value is -2.63. The fourth-order valence-electron chi connectivity index (χ4n) is 1.57. The van der Waals surface area contributed by atoms with Gasteiger partial charge in [-0.1, -0.05) is 12.1 Å². The third-order valence-electron chi connectivity index (χ3n) is 2.59. The second-order valence-electron chi connectivity index (χ2n) is 4.36. The molecule has 0 unspecified atom stereocenters. The highest BCUT2D eigenvalue weighted by Crippen LogP contribution is 2.14. The van der Waals surface area contributed by atoms with Gasteiger partial charge in [-0.05, 0) is 24.3 Å². The van der Waals surface area contributed by atoms with E-state index in [1.54, 1.807) is 24.3 Å². The minimum atomic E-state index is -0.519. The van der Waals surface area contributed by atoms with Gasteiger partial charge in [-0.15, -0.1) is 0 Å². The SMILES string of the molecule is CN(C)c1ccc(NC(=O)Nc2ccccc2F)cn1. The summed E-state index contributed by atoms with van der Waals surface area (Å²) in [5, 5.41) is 5.02. The number of aromatic nitrogens is 1. The molecule has 2 N–H and O–H groups in total. The predicted molar refractivity (Wildman–Crippen MR) is 77.6 cm³/mol. The number of pyridine rings is 1. The molecule has 0 fully saturated rings. The molecule has 0 radical (unpaired) electrons. The molecule has 20 heavy (non-hydrogen) atoms. The predicted octanol–water partition coefficient (Wildman–Crippen LogP) is 2.93. The smallest absolute Gasteiger partial charge is 0.323 e. The Bertz CT molecular complexity index is 598. The van der Waals surface area contributed by atoms with Gasteiger partial charge in [0, 0.05) is 14.1 Å². The first-order valence-electron chi connectivity index (χ1n) is 6.02. The van der Waals surface area contributed by atoms with Crippen LogP contribution in [-0.4, -0.2) is 25.1 Å². The van der Waals surface area contributed by atoms with Crippen LogP contribution < -0.4 is 15.5 Å². The number of amides is 2. The van der Waals surface area contributed by atoms with E-state index in [0.29, 0.717) is 5.69 Å². The summed E-state index contributed by atoms with van der Waals surface area (Å²) in [6.07, 6.45) is 1.54. The summed E-state index contributed by atoms with van der Waals surface area (Å²) in [6.45, 7) is 0.